The summed E-state index contributed by atoms with van der Waals surface area (Å²) in [6.45, 7) is 7.20. The van der Waals surface area contributed by atoms with Gasteiger partial charge < -0.3 is 21.4 Å². The maximum absolute atomic E-state index is 6.30. The van der Waals surface area contributed by atoms with Gasteiger partial charge >= 0.3 is 0 Å². The fraction of sp³-hybridized carbons (Fsp3) is 0.840. The zero-order valence-electron chi connectivity index (χ0n) is 20.9. The maximum Gasteiger partial charge on any atom is 0.169 e. The topological polar surface area (TPSA) is 82.3 Å². The van der Waals surface area contributed by atoms with E-state index < -0.39 is 0 Å². The standard InChI is InChI=1S/C25H49N7/c1-3-4-5-6-7-8-9-10-11-12-13-14-15-16-17-27-24-23(26)25(29-22-28-24)30-32-20-18-31(2)19-21-32/h22H,3-21,26H2,1-2H3,(H2,27,28,29,30). The van der Waals surface area contributed by atoms with E-state index in [9.17, 15) is 0 Å². The summed E-state index contributed by atoms with van der Waals surface area (Å²) in [6.07, 6.45) is 20.9. The van der Waals surface area contributed by atoms with Crippen molar-refractivity contribution in [2.75, 3.05) is 56.2 Å². The van der Waals surface area contributed by atoms with Gasteiger partial charge in [-0.05, 0) is 13.5 Å². The molecule has 1 aromatic heterocycles. The lowest BCUT2D eigenvalue weighted by atomic mass is 10.0. The summed E-state index contributed by atoms with van der Waals surface area (Å²) >= 11 is 0. The van der Waals surface area contributed by atoms with Gasteiger partial charge in [0.25, 0.3) is 0 Å². The average Bonchev–Trinajstić information content (AvgIpc) is 2.80. The Morgan fingerprint density at radius 1 is 0.750 bits per heavy atom. The van der Waals surface area contributed by atoms with Crippen molar-refractivity contribution in [2.45, 2.75) is 96.8 Å². The van der Waals surface area contributed by atoms with Crippen molar-refractivity contribution in [1.82, 2.24) is 19.9 Å². The Labute approximate surface area is 196 Å². The summed E-state index contributed by atoms with van der Waals surface area (Å²) in [6, 6.07) is 0. The molecule has 1 aliphatic heterocycles. The lowest BCUT2D eigenvalue weighted by molar-refractivity contribution is 0.178. The van der Waals surface area contributed by atoms with Crippen LogP contribution in [0.4, 0.5) is 17.3 Å². The van der Waals surface area contributed by atoms with E-state index in [0.29, 0.717) is 11.5 Å². The molecule has 1 aliphatic rings. The first kappa shape index (κ1) is 26.7. The smallest absolute Gasteiger partial charge is 0.169 e. The van der Waals surface area contributed by atoms with Crippen molar-refractivity contribution >= 4 is 17.3 Å². The third-order valence-corrected chi connectivity index (χ3v) is 6.47. The van der Waals surface area contributed by atoms with Crippen molar-refractivity contribution in [3.8, 4) is 0 Å². The van der Waals surface area contributed by atoms with Crippen LogP contribution in [0, 0.1) is 0 Å². The summed E-state index contributed by atoms with van der Waals surface area (Å²) in [7, 11) is 2.15. The summed E-state index contributed by atoms with van der Waals surface area (Å²) in [4.78, 5) is 11.0. The minimum atomic E-state index is 0.608. The SMILES string of the molecule is CCCCCCCCCCCCCCCCNc1ncnc(NN2CCN(C)CC2)c1N. The van der Waals surface area contributed by atoms with Crippen LogP contribution in [0.1, 0.15) is 96.8 Å². The summed E-state index contributed by atoms with van der Waals surface area (Å²) < 4.78 is 0. The average molecular weight is 448 g/mol. The third kappa shape index (κ3) is 11.3. The van der Waals surface area contributed by atoms with Gasteiger partial charge in [-0.1, -0.05) is 90.4 Å². The number of rotatable bonds is 18. The number of nitrogens with two attached hydrogens (primary N) is 1. The van der Waals surface area contributed by atoms with Gasteiger partial charge in [0.2, 0.25) is 0 Å². The van der Waals surface area contributed by atoms with Crippen molar-refractivity contribution in [3.63, 3.8) is 0 Å². The molecule has 4 N–H and O–H groups in total. The van der Waals surface area contributed by atoms with Crippen LogP contribution < -0.4 is 16.5 Å². The summed E-state index contributed by atoms with van der Waals surface area (Å²) in [5.41, 5.74) is 10.3. The van der Waals surface area contributed by atoms with Gasteiger partial charge in [-0.15, -0.1) is 0 Å². The van der Waals surface area contributed by atoms with Gasteiger partial charge in [-0.3, -0.25) is 0 Å². The number of nitrogens with one attached hydrogen (secondary N) is 2. The second-order valence-electron chi connectivity index (χ2n) is 9.41. The van der Waals surface area contributed by atoms with Crippen LogP contribution in [0.25, 0.3) is 0 Å². The highest BCUT2D eigenvalue weighted by atomic mass is 15.5. The Bertz CT molecular complexity index is 588. The predicted molar refractivity (Wildman–Crippen MR) is 138 cm³/mol. The maximum atomic E-state index is 6.30. The predicted octanol–water partition coefficient (Wildman–Crippen LogP) is 5.53. The molecule has 0 unspecified atom stereocenters. The lowest BCUT2D eigenvalue weighted by Gasteiger charge is -2.32. The zero-order valence-corrected chi connectivity index (χ0v) is 20.9. The molecular formula is C25H49N7. The van der Waals surface area contributed by atoms with E-state index >= 15 is 0 Å². The van der Waals surface area contributed by atoms with Crippen molar-refractivity contribution in [3.05, 3.63) is 6.33 Å². The van der Waals surface area contributed by atoms with Crippen LogP contribution in [0.2, 0.25) is 0 Å². The molecule has 0 radical (unpaired) electrons. The number of hydrogen-bond acceptors (Lipinski definition) is 7. The van der Waals surface area contributed by atoms with E-state index in [-0.39, 0.29) is 0 Å². The Kier molecular flexibility index (Phi) is 14.1. The number of hydrazine groups is 1. The molecule has 0 spiro atoms. The van der Waals surface area contributed by atoms with Gasteiger partial charge in [0.05, 0.1) is 0 Å². The van der Waals surface area contributed by atoms with E-state index in [0.717, 1.165) is 45.0 Å². The van der Waals surface area contributed by atoms with Crippen molar-refractivity contribution in [1.29, 1.82) is 0 Å². The van der Waals surface area contributed by atoms with Crippen molar-refractivity contribution < 1.29 is 0 Å². The molecule has 184 valence electrons. The fourth-order valence-corrected chi connectivity index (χ4v) is 4.22. The zero-order chi connectivity index (χ0) is 22.9. The molecule has 7 nitrogen and oxygen atoms in total. The molecule has 0 aromatic carbocycles. The highest BCUT2D eigenvalue weighted by molar-refractivity contribution is 5.73. The molecule has 0 atom stereocenters. The van der Waals surface area contributed by atoms with Gasteiger partial charge in [0, 0.05) is 32.7 Å². The molecule has 0 saturated carbocycles. The van der Waals surface area contributed by atoms with Gasteiger partial charge in [-0.25, -0.2) is 15.0 Å². The first-order valence-electron chi connectivity index (χ1n) is 13.2. The van der Waals surface area contributed by atoms with Crippen LogP contribution in [0.5, 0.6) is 0 Å². The summed E-state index contributed by atoms with van der Waals surface area (Å²) in [5, 5.41) is 5.57. The second-order valence-corrected chi connectivity index (χ2v) is 9.41. The second kappa shape index (κ2) is 17.0. The normalized spacial score (nSPS) is 15.2. The number of hydrogen-bond donors (Lipinski definition) is 3. The molecule has 2 heterocycles. The van der Waals surface area contributed by atoms with Crippen LogP contribution >= 0.6 is 0 Å². The third-order valence-electron chi connectivity index (χ3n) is 6.47. The number of anilines is 3. The van der Waals surface area contributed by atoms with Crippen LogP contribution in [-0.2, 0) is 0 Å². The molecule has 1 aromatic rings. The van der Waals surface area contributed by atoms with E-state index in [2.05, 4.69) is 44.6 Å². The number of unbranched alkanes of at least 4 members (excludes halogenated alkanes) is 13. The van der Waals surface area contributed by atoms with E-state index in [1.165, 1.54) is 83.5 Å². The highest BCUT2D eigenvalue weighted by Gasteiger charge is 2.16. The van der Waals surface area contributed by atoms with Crippen LogP contribution in [0.3, 0.4) is 0 Å². The fourth-order valence-electron chi connectivity index (χ4n) is 4.22. The molecule has 0 aliphatic carbocycles. The highest BCUT2D eigenvalue weighted by Crippen LogP contribution is 2.23. The van der Waals surface area contributed by atoms with E-state index in [1.54, 1.807) is 6.33 Å². The van der Waals surface area contributed by atoms with E-state index in [1.807, 2.05) is 0 Å². The number of piperazine rings is 1. The molecule has 7 heteroatoms. The number of nitrogens with zero attached hydrogens (tertiary/aromatic N) is 4. The van der Waals surface area contributed by atoms with Gasteiger partial charge in [-0.2, -0.15) is 0 Å². The minimum absolute atomic E-state index is 0.608. The summed E-state index contributed by atoms with van der Waals surface area (Å²) in [5.74, 6) is 1.44. The monoisotopic (exact) mass is 447 g/mol. The molecular weight excluding hydrogens is 398 g/mol. The Hall–Kier alpha value is -1.60. The Morgan fingerprint density at radius 2 is 1.25 bits per heavy atom. The largest absolute Gasteiger partial charge is 0.393 e. The first-order chi connectivity index (χ1) is 15.7. The molecule has 2 rings (SSSR count). The molecule has 1 fully saturated rings. The molecule has 32 heavy (non-hydrogen) atoms. The minimum Gasteiger partial charge on any atom is -0.393 e. The molecule has 1 saturated heterocycles. The van der Waals surface area contributed by atoms with E-state index in [4.69, 9.17) is 5.73 Å². The van der Waals surface area contributed by atoms with Crippen LogP contribution in [-0.4, -0.2) is 59.6 Å². The number of likely N-dealkylation sites (N-methyl/N-ethyl adjacent to an activating group) is 1. The number of aromatic nitrogens is 2. The van der Waals surface area contributed by atoms with Crippen LogP contribution in [0.15, 0.2) is 6.33 Å². The van der Waals surface area contributed by atoms with Gasteiger partial charge in [0.1, 0.15) is 12.0 Å². The van der Waals surface area contributed by atoms with Crippen molar-refractivity contribution in [2.24, 2.45) is 0 Å². The Balaban J connectivity index is 1.46. The quantitative estimate of drug-likeness (QED) is 0.255. The number of nitrogen functional groups attached to an aromatic ring is 1. The Morgan fingerprint density at radius 3 is 1.81 bits per heavy atom. The lowest BCUT2D eigenvalue weighted by Crippen LogP contribution is -2.47. The molecule has 0 amide bonds. The first-order valence-corrected chi connectivity index (χ1v) is 13.2. The molecule has 0 bridgehead atoms. The van der Waals surface area contributed by atoms with Gasteiger partial charge in [0.15, 0.2) is 11.6 Å².